The molecule has 0 aliphatic carbocycles. The van der Waals surface area contributed by atoms with Gasteiger partial charge >= 0.3 is 5.97 Å². The summed E-state index contributed by atoms with van der Waals surface area (Å²) in [6, 6.07) is 5.70. The summed E-state index contributed by atoms with van der Waals surface area (Å²) in [5.41, 5.74) is 7.13. The summed E-state index contributed by atoms with van der Waals surface area (Å²) in [5.74, 6) is -0.731. The molecule has 1 heterocycles. The number of para-hydroxylation sites is 1. The molecule has 1 fully saturated rings. The summed E-state index contributed by atoms with van der Waals surface area (Å²) in [4.78, 5) is 36.5. The predicted octanol–water partition coefficient (Wildman–Crippen LogP) is 0.949. The minimum Gasteiger partial charge on any atom is -0.481 e. The van der Waals surface area contributed by atoms with Crippen molar-refractivity contribution < 1.29 is 23.9 Å². The van der Waals surface area contributed by atoms with Crippen molar-refractivity contribution in [2.24, 2.45) is 11.7 Å². The fraction of sp³-hybridized carbons (Fsp3) is 0.500. The van der Waals surface area contributed by atoms with Gasteiger partial charge in [-0.15, -0.1) is 0 Å². The predicted molar refractivity (Wildman–Crippen MR) is 90.9 cm³/mol. The highest BCUT2D eigenvalue weighted by Crippen LogP contribution is 2.22. The smallest absolute Gasteiger partial charge is 0.344 e. The molecule has 0 unspecified atom stereocenters. The molecule has 1 aromatic rings. The van der Waals surface area contributed by atoms with Crippen LogP contribution in [0.15, 0.2) is 18.2 Å². The summed E-state index contributed by atoms with van der Waals surface area (Å²) in [6.07, 6.45) is 1.09. The molecular formula is C18H24N2O5. The standard InChI is InChI=1S/C18H24N2O5/c1-12-4-3-5-13(2)17(12)25-11-16(22)24-10-15(21)20-8-6-14(7-9-20)18(19)23/h3-5,14H,6-11H2,1-2H3,(H2,19,23). The second-order valence-electron chi connectivity index (χ2n) is 6.23. The minimum absolute atomic E-state index is 0.183. The zero-order valence-electron chi connectivity index (χ0n) is 14.6. The Morgan fingerprint density at radius 3 is 2.28 bits per heavy atom. The first-order chi connectivity index (χ1) is 11.9. The number of nitrogens with zero attached hydrogens (tertiary/aromatic N) is 1. The number of piperidine rings is 1. The van der Waals surface area contributed by atoms with Crippen LogP contribution in [-0.2, 0) is 19.1 Å². The fourth-order valence-corrected chi connectivity index (χ4v) is 2.85. The van der Waals surface area contributed by atoms with E-state index in [2.05, 4.69) is 0 Å². The van der Waals surface area contributed by atoms with Crippen LogP contribution in [0.3, 0.4) is 0 Å². The number of hydrogen-bond acceptors (Lipinski definition) is 5. The molecule has 7 nitrogen and oxygen atoms in total. The molecule has 1 aliphatic heterocycles. The first kappa shape index (κ1) is 18.8. The fourth-order valence-electron chi connectivity index (χ4n) is 2.85. The number of carbonyl (C=O) groups excluding carboxylic acids is 3. The summed E-state index contributed by atoms with van der Waals surface area (Å²) in [7, 11) is 0. The van der Waals surface area contributed by atoms with Crippen LogP contribution in [-0.4, -0.2) is 49.0 Å². The number of nitrogens with two attached hydrogens (primary N) is 1. The molecule has 7 heteroatoms. The second kappa shape index (κ2) is 8.50. The van der Waals surface area contributed by atoms with Crippen molar-refractivity contribution in [1.82, 2.24) is 4.90 Å². The van der Waals surface area contributed by atoms with Gasteiger partial charge in [-0.05, 0) is 37.8 Å². The van der Waals surface area contributed by atoms with E-state index in [1.807, 2.05) is 32.0 Å². The van der Waals surface area contributed by atoms with Crippen molar-refractivity contribution in [3.63, 3.8) is 0 Å². The molecule has 1 aromatic carbocycles. The number of hydrogen-bond donors (Lipinski definition) is 1. The summed E-state index contributed by atoms with van der Waals surface area (Å²) < 4.78 is 10.5. The van der Waals surface area contributed by atoms with Crippen molar-refractivity contribution in [3.05, 3.63) is 29.3 Å². The molecule has 0 bridgehead atoms. The molecule has 2 rings (SSSR count). The lowest BCUT2D eigenvalue weighted by Crippen LogP contribution is -2.43. The number of primary amides is 1. The van der Waals surface area contributed by atoms with E-state index >= 15 is 0 Å². The van der Waals surface area contributed by atoms with E-state index in [0.717, 1.165) is 11.1 Å². The maximum atomic E-state index is 12.1. The van der Waals surface area contributed by atoms with Crippen LogP contribution >= 0.6 is 0 Å². The number of rotatable bonds is 6. The highest BCUT2D eigenvalue weighted by molar-refractivity contribution is 5.82. The molecule has 0 aromatic heterocycles. The molecule has 2 amide bonds. The van der Waals surface area contributed by atoms with E-state index in [1.54, 1.807) is 4.90 Å². The number of carbonyl (C=O) groups is 3. The van der Waals surface area contributed by atoms with E-state index in [9.17, 15) is 14.4 Å². The Hall–Kier alpha value is -2.57. The molecule has 1 aliphatic rings. The maximum Gasteiger partial charge on any atom is 0.344 e. The van der Waals surface area contributed by atoms with Crippen LogP contribution in [0.5, 0.6) is 5.75 Å². The van der Waals surface area contributed by atoms with E-state index in [4.69, 9.17) is 15.2 Å². The Morgan fingerprint density at radius 2 is 1.72 bits per heavy atom. The Bertz CT molecular complexity index is 631. The van der Waals surface area contributed by atoms with Gasteiger partial charge in [-0.25, -0.2) is 4.79 Å². The first-order valence-electron chi connectivity index (χ1n) is 8.30. The van der Waals surface area contributed by atoms with Crippen LogP contribution in [0.25, 0.3) is 0 Å². The number of amides is 2. The van der Waals surface area contributed by atoms with Gasteiger partial charge in [-0.2, -0.15) is 0 Å². The SMILES string of the molecule is Cc1cccc(C)c1OCC(=O)OCC(=O)N1CCC(C(N)=O)CC1. The first-order valence-corrected chi connectivity index (χ1v) is 8.30. The Labute approximate surface area is 147 Å². The average molecular weight is 348 g/mol. The molecular weight excluding hydrogens is 324 g/mol. The molecule has 2 N–H and O–H groups in total. The molecule has 0 saturated carbocycles. The van der Waals surface area contributed by atoms with Crippen LogP contribution in [0.4, 0.5) is 0 Å². The summed E-state index contributed by atoms with van der Waals surface area (Å²) in [6.45, 7) is 4.12. The van der Waals surface area contributed by atoms with Gasteiger partial charge in [0, 0.05) is 19.0 Å². The normalized spacial score (nSPS) is 14.9. The van der Waals surface area contributed by atoms with Gasteiger partial charge in [0.15, 0.2) is 13.2 Å². The summed E-state index contributed by atoms with van der Waals surface area (Å²) in [5, 5.41) is 0. The van der Waals surface area contributed by atoms with Crippen LogP contribution < -0.4 is 10.5 Å². The number of benzene rings is 1. The topological polar surface area (TPSA) is 98.9 Å². The summed E-state index contributed by atoms with van der Waals surface area (Å²) >= 11 is 0. The zero-order valence-corrected chi connectivity index (χ0v) is 14.6. The third-order valence-electron chi connectivity index (χ3n) is 4.35. The average Bonchev–Trinajstić information content (AvgIpc) is 2.59. The molecule has 0 spiro atoms. The van der Waals surface area contributed by atoms with E-state index < -0.39 is 5.97 Å². The van der Waals surface area contributed by atoms with Crippen LogP contribution in [0, 0.1) is 19.8 Å². The molecule has 1 saturated heterocycles. The van der Waals surface area contributed by atoms with Gasteiger partial charge in [0.05, 0.1) is 0 Å². The van der Waals surface area contributed by atoms with E-state index in [1.165, 1.54) is 0 Å². The van der Waals surface area contributed by atoms with Gasteiger partial charge in [-0.3, -0.25) is 9.59 Å². The van der Waals surface area contributed by atoms with Crippen LogP contribution in [0.1, 0.15) is 24.0 Å². The van der Waals surface area contributed by atoms with Crippen molar-refractivity contribution in [2.45, 2.75) is 26.7 Å². The largest absolute Gasteiger partial charge is 0.481 e. The van der Waals surface area contributed by atoms with Gasteiger partial charge in [0.2, 0.25) is 5.91 Å². The van der Waals surface area contributed by atoms with Crippen molar-refractivity contribution >= 4 is 17.8 Å². The van der Waals surface area contributed by atoms with E-state index in [-0.39, 0.29) is 30.9 Å². The highest BCUT2D eigenvalue weighted by atomic mass is 16.6. The lowest BCUT2D eigenvalue weighted by Gasteiger charge is -2.30. The molecule has 0 atom stereocenters. The van der Waals surface area contributed by atoms with Gasteiger partial charge < -0.3 is 20.1 Å². The maximum absolute atomic E-state index is 12.1. The second-order valence-corrected chi connectivity index (χ2v) is 6.23. The van der Waals surface area contributed by atoms with Crippen LogP contribution in [0.2, 0.25) is 0 Å². The Kier molecular flexibility index (Phi) is 6.38. The highest BCUT2D eigenvalue weighted by Gasteiger charge is 2.26. The molecule has 25 heavy (non-hydrogen) atoms. The third-order valence-corrected chi connectivity index (χ3v) is 4.35. The quantitative estimate of drug-likeness (QED) is 0.772. The van der Waals surface area contributed by atoms with E-state index in [0.29, 0.717) is 31.7 Å². The molecule has 136 valence electrons. The Balaban J connectivity index is 1.73. The lowest BCUT2D eigenvalue weighted by molar-refractivity contribution is -0.154. The Morgan fingerprint density at radius 1 is 1.12 bits per heavy atom. The minimum atomic E-state index is -0.594. The molecule has 0 radical (unpaired) electrons. The van der Waals surface area contributed by atoms with Gasteiger partial charge in [0.1, 0.15) is 5.75 Å². The number of esters is 1. The van der Waals surface area contributed by atoms with Gasteiger partial charge in [0.25, 0.3) is 5.91 Å². The van der Waals surface area contributed by atoms with Crippen molar-refractivity contribution in [1.29, 1.82) is 0 Å². The third kappa shape index (κ3) is 5.20. The lowest BCUT2D eigenvalue weighted by atomic mass is 9.96. The van der Waals surface area contributed by atoms with Crippen molar-refractivity contribution in [2.75, 3.05) is 26.3 Å². The van der Waals surface area contributed by atoms with Crippen molar-refractivity contribution in [3.8, 4) is 5.75 Å². The van der Waals surface area contributed by atoms with Gasteiger partial charge in [-0.1, -0.05) is 18.2 Å². The number of ether oxygens (including phenoxy) is 2. The monoisotopic (exact) mass is 348 g/mol. The number of likely N-dealkylation sites (tertiary alicyclic amines) is 1. The zero-order chi connectivity index (χ0) is 18.4. The number of aryl methyl sites for hydroxylation is 2.